The van der Waals surface area contributed by atoms with Gasteiger partial charge in [0.25, 0.3) is 0 Å². The van der Waals surface area contributed by atoms with Crippen LogP contribution >= 0.6 is 11.6 Å². The lowest BCUT2D eigenvalue weighted by Crippen LogP contribution is -2.29. The van der Waals surface area contributed by atoms with Crippen LogP contribution in [0.25, 0.3) is 0 Å². The number of hydrogen-bond donors (Lipinski definition) is 3. The Kier molecular flexibility index (Phi) is 5.71. The van der Waals surface area contributed by atoms with E-state index in [2.05, 4.69) is 22.5 Å². The molecule has 0 spiro atoms. The van der Waals surface area contributed by atoms with Crippen LogP contribution in [0.2, 0.25) is 5.02 Å². The van der Waals surface area contributed by atoms with Crippen molar-refractivity contribution in [2.45, 2.75) is 13.3 Å². The van der Waals surface area contributed by atoms with Crippen LogP contribution in [0.15, 0.2) is 18.2 Å². The van der Waals surface area contributed by atoms with E-state index in [1.54, 1.807) is 6.92 Å². The van der Waals surface area contributed by atoms with Gasteiger partial charge >= 0.3 is 12.0 Å². The van der Waals surface area contributed by atoms with Gasteiger partial charge in [-0.25, -0.2) is 9.59 Å². The Morgan fingerprint density at radius 3 is 2.79 bits per heavy atom. The summed E-state index contributed by atoms with van der Waals surface area (Å²) in [5.74, 6) is 4.43. The Balaban J connectivity index is 2.64. The van der Waals surface area contributed by atoms with Crippen LogP contribution in [0.3, 0.4) is 0 Å². The summed E-state index contributed by atoms with van der Waals surface area (Å²) in [6.45, 7) is 2.13. The topological polar surface area (TPSA) is 78.4 Å². The van der Waals surface area contributed by atoms with Gasteiger partial charge in [0.1, 0.15) is 0 Å². The van der Waals surface area contributed by atoms with Crippen LogP contribution in [-0.2, 0) is 0 Å². The Morgan fingerprint density at radius 1 is 1.42 bits per heavy atom. The van der Waals surface area contributed by atoms with Crippen LogP contribution < -0.4 is 10.6 Å². The first-order valence-electron chi connectivity index (χ1n) is 5.52. The first-order valence-corrected chi connectivity index (χ1v) is 5.89. The summed E-state index contributed by atoms with van der Waals surface area (Å²) in [6, 6.07) is 3.63. The fourth-order valence-electron chi connectivity index (χ4n) is 1.28. The maximum atomic E-state index is 11.5. The number of carboxylic acid groups (broad SMARTS) is 1. The molecule has 1 aromatic carbocycles. The fraction of sp³-hybridized carbons (Fsp3) is 0.231. The first-order chi connectivity index (χ1) is 9.04. The average molecular weight is 281 g/mol. The van der Waals surface area contributed by atoms with Crippen LogP contribution in [0.1, 0.15) is 23.7 Å². The molecule has 0 saturated heterocycles. The molecule has 0 radical (unpaired) electrons. The molecule has 0 atom stereocenters. The number of amides is 2. The number of nitrogens with one attached hydrogen (secondary N) is 2. The smallest absolute Gasteiger partial charge is 0.335 e. The molecule has 0 bridgehead atoms. The van der Waals surface area contributed by atoms with Crippen LogP contribution in [0, 0.1) is 11.8 Å². The maximum Gasteiger partial charge on any atom is 0.335 e. The van der Waals surface area contributed by atoms with E-state index in [1.807, 2.05) is 0 Å². The first kappa shape index (κ1) is 14.9. The molecular formula is C13H13ClN2O3. The molecule has 3 N–H and O–H groups in total. The van der Waals surface area contributed by atoms with E-state index in [1.165, 1.54) is 18.2 Å². The highest BCUT2D eigenvalue weighted by atomic mass is 35.5. The SMILES string of the molecule is CC#CCCNC(=O)Nc1cc(C(=O)O)ccc1Cl. The molecule has 0 aromatic heterocycles. The van der Waals surface area contributed by atoms with Crippen molar-refractivity contribution < 1.29 is 14.7 Å². The highest BCUT2D eigenvalue weighted by Gasteiger charge is 2.09. The number of carboxylic acids is 1. The number of anilines is 1. The molecule has 6 heteroatoms. The molecule has 100 valence electrons. The molecule has 1 rings (SSSR count). The van der Waals surface area contributed by atoms with Gasteiger partial charge in [0, 0.05) is 13.0 Å². The van der Waals surface area contributed by atoms with Gasteiger partial charge in [-0.05, 0) is 25.1 Å². The molecular weight excluding hydrogens is 268 g/mol. The minimum atomic E-state index is -1.08. The minimum Gasteiger partial charge on any atom is -0.478 e. The molecule has 0 fully saturated rings. The number of carbonyl (C=O) groups is 2. The van der Waals surface area contributed by atoms with Gasteiger partial charge in [-0.3, -0.25) is 0 Å². The standard InChI is InChI=1S/C13H13ClN2O3/c1-2-3-4-7-15-13(19)16-11-8-9(12(17)18)5-6-10(11)14/h5-6,8H,4,7H2,1H3,(H,17,18)(H2,15,16,19). The van der Waals surface area contributed by atoms with E-state index in [0.29, 0.717) is 13.0 Å². The van der Waals surface area contributed by atoms with Gasteiger partial charge in [-0.15, -0.1) is 11.8 Å². The molecule has 0 unspecified atom stereocenters. The molecule has 0 aliphatic rings. The zero-order chi connectivity index (χ0) is 14.3. The third-order valence-electron chi connectivity index (χ3n) is 2.17. The lowest BCUT2D eigenvalue weighted by molar-refractivity contribution is 0.0697. The van der Waals surface area contributed by atoms with E-state index in [-0.39, 0.29) is 16.3 Å². The van der Waals surface area contributed by atoms with E-state index in [4.69, 9.17) is 16.7 Å². The molecule has 1 aromatic rings. The van der Waals surface area contributed by atoms with E-state index >= 15 is 0 Å². The summed E-state index contributed by atoms with van der Waals surface area (Å²) in [5, 5.41) is 14.2. The van der Waals surface area contributed by atoms with Crippen LogP contribution in [0.5, 0.6) is 0 Å². The lowest BCUT2D eigenvalue weighted by Gasteiger charge is -2.08. The van der Waals surface area contributed by atoms with Crippen molar-refractivity contribution in [3.63, 3.8) is 0 Å². The van der Waals surface area contributed by atoms with Crippen molar-refractivity contribution in [3.05, 3.63) is 28.8 Å². The highest BCUT2D eigenvalue weighted by molar-refractivity contribution is 6.33. The van der Waals surface area contributed by atoms with Gasteiger partial charge in [0.2, 0.25) is 0 Å². The van der Waals surface area contributed by atoms with Crippen molar-refractivity contribution in [2.75, 3.05) is 11.9 Å². The number of halogens is 1. The van der Waals surface area contributed by atoms with Gasteiger partial charge in [-0.2, -0.15) is 0 Å². The molecule has 0 saturated carbocycles. The summed E-state index contributed by atoms with van der Waals surface area (Å²) in [4.78, 5) is 22.3. The van der Waals surface area contributed by atoms with E-state index < -0.39 is 12.0 Å². The van der Waals surface area contributed by atoms with Crippen LogP contribution in [0.4, 0.5) is 10.5 Å². The van der Waals surface area contributed by atoms with Crippen molar-refractivity contribution in [2.24, 2.45) is 0 Å². The van der Waals surface area contributed by atoms with Crippen molar-refractivity contribution in [3.8, 4) is 11.8 Å². The summed E-state index contributed by atoms with van der Waals surface area (Å²) >= 11 is 5.87. The van der Waals surface area contributed by atoms with Gasteiger partial charge in [-0.1, -0.05) is 11.6 Å². The van der Waals surface area contributed by atoms with Gasteiger partial charge in [0.15, 0.2) is 0 Å². The number of hydrogen-bond acceptors (Lipinski definition) is 2. The zero-order valence-corrected chi connectivity index (χ0v) is 11.0. The number of carbonyl (C=O) groups excluding carboxylic acids is 1. The summed E-state index contributed by atoms with van der Waals surface area (Å²) in [6.07, 6.45) is 0.548. The fourth-order valence-corrected chi connectivity index (χ4v) is 1.45. The Bertz CT molecular complexity index is 547. The summed E-state index contributed by atoms with van der Waals surface area (Å²) in [5.41, 5.74) is 0.303. The second-order valence-corrected chi connectivity index (χ2v) is 3.96. The molecule has 0 aliphatic heterocycles. The third-order valence-corrected chi connectivity index (χ3v) is 2.50. The molecule has 0 heterocycles. The van der Waals surface area contributed by atoms with Gasteiger partial charge < -0.3 is 15.7 Å². The second kappa shape index (κ2) is 7.29. The van der Waals surface area contributed by atoms with Crippen molar-refractivity contribution in [1.29, 1.82) is 0 Å². The van der Waals surface area contributed by atoms with Crippen molar-refractivity contribution in [1.82, 2.24) is 5.32 Å². The Labute approximate surface area is 116 Å². The molecule has 0 aliphatic carbocycles. The Morgan fingerprint density at radius 2 is 2.16 bits per heavy atom. The third kappa shape index (κ3) is 4.90. The monoisotopic (exact) mass is 280 g/mol. The second-order valence-electron chi connectivity index (χ2n) is 3.56. The van der Waals surface area contributed by atoms with E-state index in [0.717, 1.165) is 0 Å². The number of benzene rings is 1. The zero-order valence-electron chi connectivity index (χ0n) is 10.3. The highest BCUT2D eigenvalue weighted by Crippen LogP contribution is 2.22. The Hall–Kier alpha value is -2.19. The van der Waals surface area contributed by atoms with Crippen molar-refractivity contribution >= 4 is 29.3 Å². The van der Waals surface area contributed by atoms with E-state index in [9.17, 15) is 9.59 Å². The molecule has 2 amide bonds. The minimum absolute atomic E-state index is 0.0524. The largest absolute Gasteiger partial charge is 0.478 e. The maximum absolute atomic E-state index is 11.5. The number of urea groups is 1. The molecule has 19 heavy (non-hydrogen) atoms. The predicted molar refractivity (Wildman–Crippen MR) is 73.5 cm³/mol. The molecule has 5 nitrogen and oxygen atoms in total. The number of rotatable bonds is 4. The lowest BCUT2D eigenvalue weighted by atomic mass is 10.2. The summed E-state index contributed by atoms with van der Waals surface area (Å²) in [7, 11) is 0. The van der Waals surface area contributed by atoms with Gasteiger partial charge in [0.05, 0.1) is 16.3 Å². The predicted octanol–water partition coefficient (Wildman–Crippen LogP) is 2.57. The normalized spacial score (nSPS) is 9.16. The van der Waals surface area contributed by atoms with Crippen LogP contribution in [-0.4, -0.2) is 23.7 Å². The number of aromatic carboxylic acids is 1. The average Bonchev–Trinajstić information content (AvgIpc) is 2.37. The summed E-state index contributed by atoms with van der Waals surface area (Å²) < 4.78 is 0. The quantitative estimate of drug-likeness (QED) is 0.586.